The Hall–Kier alpha value is -2.02. The van der Waals surface area contributed by atoms with Crippen LogP contribution in [0.15, 0.2) is 78.9 Å². The standard InChI is InChI=1S/C23H20Cl2/c1-17-5-7-18(8-6-17)3-2-4-23(19-9-13-21(24)14-10-19)20-11-15-22(25)16-12-20/h4-16H,2-3H2,1H3. The highest BCUT2D eigenvalue weighted by Crippen LogP contribution is 2.27. The molecule has 126 valence electrons. The zero-order valence-electron chi connectivity index (χ0n) is 14.2. The molecule has 0 aromatic heterocycles. The average molecular weight is 367 g/mol. The van der Waals surface area contributed by atoms with Crippen molar-refractivity contribution in [3.05, 3.63) is 111 Å². The molecule has 0 aliphatic heterocycles. The Kier molecular flexibility index (Phi) is 5.96. The molecule has 0 nitrogen and oxygen atoms in total. The first-order valence-corrected chi connectivity index (χ1v) is 9.15. The van der Waals surface area contributed by atoms with Gasteiger partial charge in [-0.3, -0.25) is 0 Å². The molecule has 0 heterocycles. The average Bonchev–Trinajstić information content (AvgIpc) is 2.62. The third-order valence-electron chi connectivity index (χ3n) is 4.21. The van der Waals surface area contributed by atoms with Gasteiger partial charge in [0, 0.05) is 10.0 Å². The summed E-state index contributed by atoms with van der Waals surface area (Å²) >= 11 is 12.1. The molecule has 0 fully saturated rings. The minimum absolute atomic E-state index is 0.749. The predicted octanol–water partition coefficient (Wildman–Crippen LogP) is 7.37. The van der Waals surface area contributed by atoms with E-state index in [4.69, 9.17) is 23.2 Å². The second-order valence-corrected chi connectivity index (χ2v) is 7.03. The quantitative estimate of drug-likeness (QED) is 0.442. The lowest BCUT2D eigenvalue weighted by molar-refractivity contribution is 1.00. The summed E-state index contributed by atoms with van der Waals surface area (Å²) in [7, 11) is 0. The minimum Gasteiger partial charge on any atom is -0.0843 e. The number of benzene rings is 3. The fraction of sp³-hybridized carbons (Fsp3) is 0.130. The second-order valence-electron chi connectivity index (χ2n) is 6.16. The summed E-state index contributed by atoms with van der Waals surface area (Å²) in [6.07, 6.45) is 4.29. The summed E-state index contributed by atoms with van der Waals surface area (Å²) in [5, 5.41) is 1.50. The summed E-state index contributed by atoms with van der Waals surface area (Å²) in [6, 6.07) is 24.7. The lowest BCUT2D eigenvalue weighted by Crippen LogP contribution is -1.90. The molecule has 0 radical (unpaired) electrons. The van der Waals surface area contributed by atoms with Gasteiger partial charge in [-0.25, -0.2) is 0 Å². The molecule has 0 atom stereocenters. The molecular formula is C23H20Cl2. The van der Waals surface area contributed by atoms with Crippen LogP contribution in [0.2, 0.25) is 10.0 Å². The Labute approximate surface area is 159 Å². The van der Waals surface area contributed by atoms with E-state index in [0.717, 1.165) is 34.0 Å². The molecule has 0 bridgehead atoms. The second kappa shape index (κ2) is 8.38. The van der Waals surface area contributed by atoms with Gasteiger partial charge < -0.3 is 0 Å². The summed E-state index contributed by atoms with van der Waals surface area (Å²) in [4.78, 5) is 0. The summed E-state index contributed by atoms with van der Waals surface area (Å²) < 4.78 is 0. The van der Waals surface area contributed by atoms with Crippen LogP contribution in [0.5, 0.6) is 0 Å². The van der Waals surface area contributed by atoms with Gasteiger partial charge in [-0.2, -0.15) is 0 Å². The Morgan fingerprint density at radius 2 is 1.20 bits per heavy atom. The Morgan fingerprint density at radius 1 is 0.720 bits per heavy atom. The molecule has 0 amide bonds. The van der Waals surface area contributed by atoms with Gasteiger partial charge in [-0.05, 0) is 66.3 Å². The highest BCUT2D eigenvalue weighted by atomic mass is 35.5. The van der Waals surface area contributed by atoms with E-state index < -0.39 is 0 Å². The van der Waals surface area contributed by atoms with Gasteiger partial charge in [-0.15, -0.1) is 0 Å². The Bertz CT molecular complexity index is 795. The molecule has 0 aliphatic carbocycles. The molecule has 3 rings (SSSR count). The van der Waals surface area contributed by atoms with Crippen LogP contribution in [0.25, 0.3) is 5.57 Å². The molecule has 0 N–H and O–H groups in total. The third-order valence-corrected chi connectivity index (χ3v) is 4.72. The first-order valence-electron chi connectivity index (χ1n) is 8.39. The van der Waals surface area contributed by atoms with Crippen molar-refractivity contribution in [1.29, 1.82) is 0 Å². The molecule has 2 heteroatoms. The monoisotopic (exact) mass is 366 g/mol. The molecule has 0 unspecified atom stereocenters. The number of rotatable bonds is 5. The van der Waals surface area contributed by atoms with E-state index in [9.17, 15) is 0 Å². The molecule has 0 spiro atoms. The van der Waals surface area contributed by atoms with Gasteiger partial charge in [0.2, 0.25) is 0 Å². The molecule has 0 aliphatic rings. The highest BCUT2D eigenvalue weighted by Gasteiger charge is 2.05. The SMILES string of the molecule is Cc1ccc(CCC=C(c2ccc(Cl)cc2)c2ccc(Cl)cc2)cc1. The van der Waals surface area contributed by atoms with E-state index in [1.54, 1.807) is 0 Å². The van der Waals surface area contributed by atoms with Crippen LogP contribution < -0.4 is 0 Å². The number of aryl methyl sites for hydroxylation is 2. The fourth-order valence-corrected chi connectivity index (χ4v) is 3.05. The summed E-state index contributed by atoms with van der Waals surface area (Å²) in [6.45, 7) is 2.11. The number of hydrogen-bond donors (Lipinski definition) is 0. The number of halogens is 2. The highest BCUT2D eigenvalue weighted by molar-refractivity contribution is 6.31. The van der Waals surface area contributed by atoms with Crippen molar-refractivity contribution in [1.82, 2.24) is 0 Å². The molecule has 3 aromatic rings. The molecule has 3 aromatic carbocycles. The van der Waals surface area contributed by atoms with Gasteiger partial charge in [0.25, 0.3) is 0 Å². The van der Waals surface area contributed by atoms with E-state index in [0.29, 0.717) is 0 Å². The molecule has 25 heavy (non-hydrogen) atoms. The number of allylic oxidation sites excluding steroid dienone is 1. The van der Waals surface area contributed by atoms with Crippen molar-refractivity contribution in [2.45, 2.75) is 19.8 Å². The van der Waals surface area contributed by atoms with Gasteiger partial charge in [0.1, 0.15) is 0 Å². The summed E-state index contributed by atoms with van der Waals surface area (Å²) in [5.74, 6) is 0. The molecule has 0 saturated carbocycles. The van der Waals surface area contributed by atoms with Crippen molar-refractivity contribution in [2.75, 3.05) is 0 Å². The van der Waals surface area contributed by atoms with Gasteiger partial charge in [0.05, 0.1) is 0 Å². The molecular weight excluding hydrogens is 347 g/mol. The van der Waals surface area contributed by atoms with E-state index >= 15 is 0 Å². The lowest BCUT2D eigenvalue weighted by atomic mass is 9.96. The maximum atomic E-state index is 6.04. The predicted molar refractivity (Wildman–Crippen MR) is 109 cm³/mol. The Morgan fingerprint density at radius 3 is 1.68 bits per heavy atom. The zero-order chi connectivity index (χ0) is 17.6. The van der Waals surface area contributed by atoms with E-state index in [-0.39, 0.29) is 0 Å². The van der Waals surface area contributed by atoms with Crippen molar-refractivity contribution in [3.8, 4) is 0 Å². The minimum atomic E-state index is 0.749. The van der Waals surface area contributed by atoms with Crippen molar-refractivity contribution < 1.29 is 0 Å². The van der Waals surface area contributed by atoms with Crippen LogP contribution in [0.3, 0.4) is 0 Å². The van der Waals surface area contributed by atoms with Crippen LogP contribution in [0.4, 0.5) is 0 Å². The molecule has 0 saturated heterocycles. The fourth-order valence-electron chi connectivity index (χ4n) is 2.80. The van der Waals surface area contributed by atoms with Gasteiger partial charge in [-0.1, -0.05) is 83.4 Å². The van der Waals surface area contributed by atoms with Crippen LogP contribution >= 0.6 is 23.2 Å². The Balaban J connectivity index is 1.85. The van der Waals surface area contributed by atoms with Crippen LogP contribution in [-0.4, -0.2) is 0 Å². The summed E-state index contributed by atoms with van der Waals surface area (Å²) in [5.41, 5.74) is 6.18. The lowest BCUT2D eigenvalue weighted by Gasteiger charge is -2.10. The normalized spacial score (nSPS) is 10.5. The maximum absolute atomic E-state index is 6.04. The van der Waals surface area contributed by atoms with Gasteiger partial charge >= 0.3 is 0 Å². The first-order chi connectivity index (χ1) is 12.1. The first kappa shape index (κ1) is 17.8. The van der Waals surface area contributed by atoms with Crippen LogP contribution in [0.1, 0.15) is 28.7 Å². The van der Waals surface area contributed by atoms with Crippen molar-refractivity contribution >= 4 is 28.8 Å². The largest absolute Gasteiger partial charge is 0.0843 e. The zero-order valence-corrected chi connectivity index (χ0v) is 15.7. The van der Waals surface area contributed by atoms with Crippen molar-refractivity contribution in [3.63, 3.8) is 0 Å². The van der Waals surface area contributed by atoms with E-state index in [2.05, 4.69) is 61.5 Å². The smallest absolute Gasteiger partial charge is 0.0406 e. The van der Waals surface area contributed by atoms with Crippen LogP contribution in [0, 0.1) is 6.92 Å². The van der Waals surface area contributed by atoms with E-state index in [1.807, 2.05) is 24.3 Å². The van der Waals surface area contributed by atoms with E-state index in [1.165, 1.54) is 16.7 Å². The van der Waals surface area contributed by atoms with Crippen molar-refractivity contribution in [2.24, 2.45) is 0 Å². The number of hydrogen-bond acceptors (Lipinski definition) is 0. The van der Waals surface area contributed by atoms with Gasteiger partial charge in [0.15, 0.2) is 0 Å². The maximum Gasteiger partial charge on any atom is 0.0406 e. The van der Waals surface area contributed by atoms with Crippen LogP contribution in [-0.2, 0) is 6.42 Å². The third kappa shape index (κ3) is 4.98. The topological polar surface area (TPSA) is 0 Å².